The summed E-state index contributed by atoms with van der Waals surface area (Å²) in [4.78, 5) is 14.9. The molecule has 6 heteroatoms. The SMILES string of the molecule is C=CCN(CC=C)[C@H]1CC(C(=O)OCC)=C[C@@H](OC(CC)CC)[C@@H]1NC(C)(C)C.Cl. The van der Waals surface area contributed by atoms with Crippen LogP contribution in [0.5, 0.6) is 0 Å². The third-order valence-electron chi connectivity index (χ3n) is 5.16. The van der Waals surface area contributed by atoms with Crippen LogP contribution in [0.2, 0.25) is 0 Å². The Bertz CT molecular complexity index is 557. The van der Waals surface area contributed by atoms with Crippen LogP contribution >= 0.6 is 12.4 Å². The lowest BCUT2D eigenvalue weighted by Crippen LogP contribution is -2.62. The van der Waals surface area contributed by atoms with E-state index in [1.165, 1.54) is 0 Å². The molecule has 0 bridgehead atoms. The number of rotatable bonds is 12. The van der Waals surface area contributed by atoms with E-state index in [9.17, 15) is 4.79 Å². The van der Waals surface area contributed by atoms with Crippen LogP contribution in [-0.4, -0.2) is 60.4 Å². The lowest BCUT2D eigenvalue weighted by molar-refractivity contribution is -0.139. The van der Waals surface area contributed by atoms with Gasteiger partial charge in [-0.3, -0.25) is 4.90 Å². The fourth-order valence-corrected chi connectivity index (χ4v) is 3.86. The number of nitrogens with zero attached hydrogens (tertiary/aromatic N) is 1. The highest BCUT2D eigenvalue weighted by Crippen LogP contribution is 2.29. The molecule has 0 amide bonds. The van der Waals surface area contributed by atoms with E-state index in [1.54, 1.807) is 0 Å². The first kappa shape index (κ1) is 28.9. The summed E-state index contributed by atoms with van der Waals surface area (Å²) in [5, 5.41) is 3.77. The largest absolute Gasteiger partial charge is 0.463 e. The molecule has 0 saturated heterocycles. The highest BCUT2D eigenvalue weighted by atomic mass is 35.5. The van der Waals surface area contributed by atoms with Crippen molar-refractivity contribution >= 4 is 18.4 Å². The van der Waals surface area contributed by atoms with Crippen molar-refractivity contribution in [3.05, 3.63) is 37.0 Å². The zero-order valence-electron chi connectivity index (χ0n) is 19.8. The molecule has 1 N–H and O–H groups in total. The molecule has 0 radical (unpaired) electrons. The Balaban J connectivity index is 0.00000841. The van der Waals surface area contributed by atoms with Crippen molar-refractivity contribution in [1.29, 1.82) is 0 Å². The zero-order chi connectivity index (χ0) is 22.0. The molecule has 1 aliphatic rings. The predicted octanol–water partition coefficient (Wildman–Crippen LogP) is 4.67. The molecule has 0 unspecified atom stereocenters. The molecule has 0 aromatic carbocycles. The minimum absolute atomic E-state index is 0. The summed E-state index contributed by atoms with van der Waals surface area (Å²) in [6.45, 7) is 22.2. The number of esters is 1. The molecular formula is C24H43ClN2O3. The second-order valence-electron chi connectivity index (χ2n) is 8.67. The van der Waals surface area contributed by atoms with Gasteiger partial charge in [0.1, 0.15) is 0 Å². The first-order valence-corrected chi connectivity index (χ1v) is 11.0. The van der Waals surface area contributed by atoms with E-state index in [4.69, 9.17) is 9.47 Å². The third-order valence-corrected chi connectivity index (χ3v) is 5.16. The molecule has 174 valence electrons. The molecular weight excluding hydrogens is 400 g/mol. The van der Waals surface area contributed by atoms with Crippen LogP contribution < -0.4 is 5.32 Å². The fraction of sp³-hybridized carbons (Fsp3) is 0.708. The first-order chi connectivity index (χ1) is 13.7. The standard InChI is InChI=1S/C24H42N2O3.ClH/c1-9-14-26(15-10-2)20-16-18(23(27)28-13-5)17-21(29-19(11-3)12-4)22(20)25-24(6,7)8;/h9-10,17,19-22,25H,1-2,11-16H2,3-8H3;1H/t20-,21+,22+;/m0./s1. The number of hydrogen-bond acceptors (Lipinski definition) is 5. The maximum atomic E-state index is 12.6. The molecule has 0 spiro atoms. The van der Waals surface area contributed by atoms with Crippen LogP contribution in [0, 0.1) is 0 Å². The van der Waals surface area contributed by atoms with Gasteiger partial charge in [0.05, 0.1) is 24.9 Å². The molecule has 5 nitrogen and oxygen atoms in total. The Hall–Kier alpha value is -1.14. The summed E-state index contributed by atoms with van der Waals surface area (Å²) in [5.41, 5.74) is 0.597. The van der Waals surface area contributed by atoms with Crippen molar-refractivity contribution in [2.24, 2.45) is 0 Å². The predicted molar refractivity (Wildman–Crippen MR) is 128 cm³/mol. The van der Waals surface area contributed by atoms with Gasteiger partial charge in [0.25, 0.3) is 0 Å². The van der Waals surface area contributed by atoms with E-state index in [2.05, 4.69) is 58.0 Å². The normalized spacial score (nSPS) is 21.7. The quantitative estimate of drug-likeness (QED) is 0.351. The number of halogens is 1. The number of carbonyl (C=O) groups excluding carboxylic acids is 1. The minimum Gasteiger partial charge on any atom is -0.463 e. The average molecular weight is 443 g/mol. The molecule has 0 aromatic rings. The van der Waals surface area contributed by atoms with Crippen molar-refractivity contribution in [2.75, 3.05) is 19.7 Å². The van der Waals surface area contributed by atoms with E-state index in [0.717, 1.165) is 12.8 Å². The van der Waals surface area contributed by atoms with Gasteiger partial charge in [-0.25, -0.2) is 4.79 Å². The van der Waals surface area contributed by atoms with E-state index in [-0.39, 0.29) is 48.2 Å². The summed E-state index contributed by atoms with van der Waals surface area (Å²) in [7, 11) is 0. The van der Waals surface area contributed by atoms with Crippen molar-refractivity contribution in [2.45, 2.75) is 90.6 Å². The molecule has 0 saturated carbocycles. The highest BCUT2D eigenvalue weighted by molar-refractivity contribution is 5.89. The fourth-order valence-electron chi connectivity index (χ4n) is 3.86. The van der Waals surface area contributed by atoms with Crippen LogP contribution in [0.15, 0.2) is 37.0 Å². The van der Waals surface area contributed by atoms with Gasteiger partial charge in [0.15, 0.2) is 0 Å². The number of nitrogens with one attached hydrogen (secondary N) is 1. The zero-order valence-corrected chi connectivity index (χ0v) is 20.6. The monoisotopic (exact) mass is 442 g/mol. The number of ether oxygens (including phenoxy) is 2. The lowest BCUT2D eigenvalue weighted by atomic mass is 9.85. The van der Waals surface area contributed by atoms with Gasteiger partial charge in [0.2, 0.25) is 0 Å². The number of hydrogen-bond donors (Lipinski definition) is 1. The van der Waals surface area contributed by atoms with Gasteiger partial charge >= 0.3 is 5.97 Å². The van der Waals surface area contributed by atoms with Crippen LogP contribution in [0.25, 0.3) is 0 Å². The molecule has 0 fully saturated rings. The van der Waals surface area contributed by atoms with Gasteiger partial charge in [-0.2, -0.15) is 0 Å². The Morgan fingerprint density at radius 1 is 1.23 bits per heavy atom. The molecule has 0 aromatic heterocycles. The smallest absolute Gasteiger partial charge is 0.333 e. The van der Waals surface area contributed by atoms with Crippen LogP contribution in [0.1, 0.15) is 60.8 Å². The van der Waals surface area contributed by atoms with Crippen LogP contribution in [0.3, 0.4) is 0 Å². The van der Waals surface area contributed by atoms with E-state index in [1.807, 2.05) is 25.2 Å². The topological polar surface area (TPSA) is 50.8 Å². The second kappa shape index (κ2) is 14.0. The van der Waals surface area contributed by atoms with Gasteiger partial charge < -0.3 is 14.8 Å². The second-order valence-corrected chi connectivity index (χ2v) is 8.67. The van der Waals surface area contributed by atoms with Gasteiger partial charge in [-0.05, 0) is 53.0 Å². The Morgan fingerprint density at radius 2 is 1.80 bits per heavy atom. The van der Waals surface area contributed by atoms with Gasteiger partial charge in [-0.15, -0.1) is 25.6 Å². The van der Waals surface area contributed by atoms with Crippen LogP contribution in [-0.2, 0) is 14.3 Å². The molecule has 0 heterocycles. The summed E-state index contributed by atoms with van der Waals surface area (Å²) >= 11 is 0. The van der Waals surface area contributed by atoms with E-state index < -0.39 is 0 Å². The maximum Gasteiger partial charge on any atom is 0.333 e. The lowest BCUT2D eigenvalue weighted by Gasteiger charge is -2.45. The molecule has 1 aliphatic carbocycles. The average Bonchev–Trinajstić information content (AvgIpc) is 2.65. The maximum absolute atomic E-state index is 12.6. The van der Waals surface area contributed by atoms with Crippen LogP contribution in [0.4, 0.5) is 0 Å². The first-order valence-electron chi connectivity index (χ1n) is 11.0. The third kappa shape index (κ3) is 8.93. The van der Waals surface area contributed by atoms with Gasteiger partial charge in [0, 0.05) is 30.2 Å². The van der Waals surface area contributed by atoms with Crippen molar-refractivity contribution < 1.29 is 14.3 Å². The van der Waals surface area contributed by atoms with Gasteiger partial charge in [-0.1, -0.05) is 26.0 Å². The molecule has 1 rings (SSSR count). The van der Waals surface area contributed by atoms with E-state index >= 15 is 0 Å². The summed E-state index contributed by atoms with van der Waals surface area (Å²) in [6, 6.07) is 0.0997. The van der Waals surface area contributed by atoms with Crippen molar-refractivity contribution in [1.82, 2.24) is 10.2 Å². The summed E-state index contributed by atoms with van der Waals surface area (Å²) in [6.07, 6.45) is 8.20. The summed E-state index contributed by atoms with van der Waals surface area (Å²) < 4.78 is 11.8. The number of carbonyl (C=O) groups is 1. The van der Waals surface area contributed by atoms with Crippen molar-refractivity contribution in [3.63, 3.8) is 0 Å². The van der Waals surface area contributed by atoms with Crippen molar-refractivity contribution in [3.8, 4) is 0 Å². The van der Waals surface area contributed by atoms with E-state index in [0.29, 0.717) is 31.7 Å². The Labute approximate surface area is 190 Å². The highest BCUT2D eigenvalue weighted by Gasteiger charge is 2.41. The Kier molecular flexibility index (Phi) is 13.5. The summed E-state index contributed by atoms with van der Waals surface area (Å²) in [5.74, 6) is -0.248. The molecule has 3 atom stereocenters. The molecule has 30 heavy (non-hydrogen) atoms. The molecule has 0 aliphatic heterocycles. The Morgan fingerprint density at radius 3 is 2.23 bits per heavy atom. The minimum atomic E-state index is -0.248.